The summed E-state index contributed by atoms with van der Waals surface area (Å²) in [6.07, 6.45) is 0. The van der Waals surface area contributed by atoms with Crippen LogP contribution in [0, 0.1) is 5.82 Å². The third-order valence-corrected chi connectivity index (χ3v) is 3.89. The van der Waals surface area contributed by atoms with E-state index in [0.717, 1.165) is 10.9 Å². The highest BCUT2D eigenvalue weighted by molar-refractivity contribution is 5.84. The molecule has 0 aliphatic rings. The summed E-state index contributed by atoms with van der Waals surface area (Å²) >= 11 is 0. The third-order valence-electron chi connectivity index (χ3n) is 3.89. The zero-order valence-corrected chi connectivity index (χ0v) is 14.0. The molecule has 0 spiro atoms. The lowest BCUT2D eigenvalue weighted by molar-refractivity contribution is 0.236. The number of hydrogen-bond acceptors (Lipinski definition) is 3. The van der Waals surface area contributed by atoms with Crippen molar-refractivity contribution in [2.75, 3.05) is 7.11 Å². The van der Waals surface area contributed by atoms with E-state index in [-0.39, 0.29) is 17.9 Å². The van der Waals surface area contributed by atoms with E-state index in [2.05, 4.69) is 10.6 Å². The smallest absolute Gasteiger partial charge is 0.315 e. The van der Waals surface area contributed by atoms with Crippen molar-refractivity contribution in [1.82, 2.24) is 10.6 Å². The fourth-order valence-corrected chi connectivity index (χ4v) is 2.53. The lowest BCUT2D eigenvalue weighted by Gasteiger charge is -2.12. The quantitative estimate of drug-likeness (QED) is 0.732. The molecule has 0 aliphatic carbocycles. The average molecular weight is 342 g/mol. The molecule has 1 atom stereocenters. The van der Waals surface area contributed by atoms with Crippen molar-refractivity contribution in [2.45, 2.75) is 19.5 Å². The fourth-order valence-electron chi connectivity index (χ4n) is 2.53. The van der Waals surface area contributed by atoms with Crippen LogP contribution in [0.5, 0.6) is 5.75 Å². The number of hydrogen-bond donors (Lipinski definition) is 2. The topological polar surface area (TPSA) is 63.5 Å². The second-order valence-electron chi connectivity index (χ2n) is 5.70. The van der Waals surface area contributed by atoms with Crippen LogP contribution in [0.15, 0.2) is 52.9 Å². The molecule has 0 aliphatic heterocycles. The largest absolute Gasteiger partial charge is 0.493 e. The number of furan rings is 1. The number of carbonyl (C=O) groups is 1. The number of carbonyl (C=O) groups excluding carboxylic acids is 1. The van der Waals surface area contributed by atoms with Gasteiger partial charge in [0.1, 0.15) is 11.6 Å². The number of halogens is 1. The molecule has 6 heteroatoms. The van der Waals surface area contributed by atoms with Gasteiger partial charge in [-0.15, -0.1) is 0 Å². The van der Waals surface area contributed by atoms with Gasteiger partial charge >= 0.3 is 6.03 Å². The average Bonchev–Trinajstić information content (AvgIpc) is 3.05. The molecule has 25 heavy (non-hydrogen) atoms. The third kappa shape index (κ3) is 3.91. The number of fused-ring (bicyclic) bond motifs is 1. The van der Waals surface area contributed by atoms with E-state index in [1.54, 1.807) is 19.2 Å². The number of amides is 2. The molecule has 0 bridgehead atoms. The van der Waals surface area contributed by atoms with Gasteiger partial charge in [0.25, 0.3) is 0 Å². The molecule has 5 nitrogen and oxygen atoms in total. The molecule has 2 N–H and O–H groups in total. The Kier molecular flexibility index (Phi) is 4.88. The number of nitrogens with one attached hydrogen (secondary N) is 2. The van der Waals surface area contributed by atoms with Gasteiger partial charge in [0.2, 0.25) is 0 Å². The Balaban J connectivity index is 1.62. The molecule has 0 fully saturated rings. The zero-order valence-electron chi connectivity index (χ0n) is 14.0. The van der Waals surface area contributed by atoms with Crippen molar-refractivity contribution in [3.8, 4) is 5.75 Å². The number of rotatable bonds is 5. The molecule has 2 amide bonds. The van der Waals surface area contributed by atoms with Gasteiger partial charge < -0.3 is 19.8 Å². The molecule has 0 radical (unpaired) electrons. The van der Waals surface area contributed by atoms with Gasteiger partial charge in [-0.05, 0) is 36.8 Å². The van der Waals surface area contributed by atoms with E-state index in [1.807, 2.05) is 31.2 Å². The predicted molar refractivity (Wildman–Crippen MR) is 93.0 cm³/mol. The first-order valence-electron chi connectivity index (χ1n) is 7.92. The highest BCUT2D eigenvalue weighted by Crippen LogP contribution is 2.30. The zero-order chi connectivity index (χ0) is 17.8. The maximum Gasteiger partial charge on any atom is 0.315 e. The summed E-state index contributed by atoms with van der Waals surface area (Å²) in [4.78, 5) is 12.0. The van der Waals surface area contributed by atoms with E-state index in [4.69, 9.17) is 9.15 Å². The molecule has 1 heterocycles. The summed E-state index contributed by atoms with van der Waals surface area (Å²) in [5.74, 6) is 0.982. The van der Waals surface area contributed by atoms with E-state index in [9.17, 15) is 9.18 Å². The molecule has 1 unspecified atom stereocenters. The minimum absolute atomic E-state index is 0.304. The van der Waals surface area contributed by atoms with Crippen LogP contribution in [0.2, 0.25) is 0 Å². The lowest BCUT2D eigenvalue weighted by Crippen LogP contribution is -2.36. The van der Waals surface area contributed by atoms with E-state index >= 15 is 0 Å². The molecule has 2 aromatic carbocycles. The van der Waals surface area contributed by atoms with Crippen LogP contribution in [0.1, 0.15) is 24.3 Å². The molecule has 1 aromatic heterocycles. The van der Waals surface area contributed by atoms with Gasteiger partial charge in [-0.25, -0.2) is 9.18 Å². The number of benzene rings is 2. The minimum Gasteiger partial charge on any atom is -0.493 e. The van der Waals surface area contributed by atoms with E-state index in [1.165, 1.54) is 12.1 Å². The van der Waals surface area contributed by atoms with Crippen LogP contribution in [0.4, 0.5) is 9.18 Å². The number of methoxy groups -OCH3 is 1. The van der Waals surface area contributed by atoms with Crippen molar-refractivity contribution in [1.29, 1.82) is 0 Å². The summed E-state index contributed by atoms with van der Waals surface area (Å²) in [6.45, 7) is 2.15. The summed E-state index contributed by atoms with van der Waals surface area (Å²) < 4.78 is 24.0. The number of para-hydroxylation sites is 1. The molecule has 130 valence electrons. The Morgan fingerprint density at radius 3 is 2.72 bits per heavy atom. The van der Waals surface area contributed by atoms with Crippen LogP contribution in [-0.4, -0.2) is 13.1 Å². The van der Waals surface area contributed by atoms with Crippen molar-refractivity contribution in [2.24, 2.45) is 0 Å². The summed E-state index contributed by atoms with van der Waals surface area (Å²) in [7, 11) is 1.58. The van der Waals surface area contributed by atoms with Gasteiger partial charge in [0.15, 0.2) is 11.3 Å². The summed E-state index contributed by atoms with van der Waals surface area (Å²) in [5.41, 5.74) is 1.47. The monoisotopic (exact) mass is 342 g/mol. The van der Waals surface area contributed by atoms with Gasteiger partial charge in [0, 0.05) is 11.9 Å². The SMILES string of the molecule is COc1cccc2cc(C(C)NC(=O)NCc3ccc(F)cc3)oc12. The molecule has 0 saturated heterocycles. The molecule has 3 rings (SSSR count). The fraction of sp³-hybridized carbons (Fsp3) is 0.211. The second-order valence-corrected chi connectivity index (χ2v) is 5.70. The van der Waals surface area contributed by atoms with Crippen molar-refractivity contribution >= 4 is 17.0 Å². The van der Waals surface area contributed by atoms with Crippen molar-refractivity contribution in [3.05, 3.63) is 65.7 Å². The number of urea groups is 1. The first kappa shape index (κ1) is 16.8. The molecule has 3 aromatic rings. The normalized spacial score (nSPS) is 12.0. The molecule has 0 saturated carbocycles. The minimum atomic E-state index is -0.329. The summed E-state index contributed by atoms with van der Waals surface area (Å²) in [6, 6.07) is 12.8. The maximum atomic E-state index is 12.9. The Labute approximate surface area is 144 Å². The van der Waals surface area contributed by atoms with E-state index < -0.39 is 0 Å². The standard InChI is InChI=1S/C19H19FN2O3/c1-12(17-10-14-4-3-5-16(24-2)18(14)25-17)22-19(23)21-11-13-6-8-15(20)9-7-13/h3-10,12H,11H2,1-2H3,(H2,21,22,23). The van der Waals surface area contributed by atoms with Crippen LogP contribution in [-0.2, 0) is 6.54 Å². The predicted octanol–water partition coefficient (Wildman–Crippen LogP) is 4.14. The Hall–Kier alpha value is -3.02. The maximum absolute atomic E-state index is 12.9. The molecular formula is C19H19FN2O3. The second kappa shape index (κ2) is 7.25. The highest BCUT2D eigenvalue weighted by atomic mass is 19.1. The van der Waals surface area contributed by atoms with Gasteiger partial charge in [-0.3, -0.25) is 0 Å². The Morgan fingerprint density at radius 2 is 2.00 bits per heavy atom. The highest BCUT2D eigenvalue weighted by Gasteiger charge is 2.16. The van der Waals surface area contributed by atoms with Crippen LogP contribution >= 0.6 is 0 Å². The lowest BCUT2D eigenvalue weighted by atomic mass is 10.2. The summed E-state index contributed by atoms with van der Waals surface area (Å²) in [5, 5.41) is 6.47. The van der Waals surface area contributed by atoms with E-state index in [0.29, 0.717) is 23.6 Å². The van der Waals surface area contributed by atoms with Crippen molar-refractivity contribution < 1.29 is 18.3 Å². The van der Waals surface area contributed by atoms with Crippen molar-refractivity contribution in [3.63, 3.8) is 0 Å². The van der Waals surface area contributed by atoms with Gasteiger partial charge in [0.05, 0.1) is 13.2 Å². The first-order chi connectivity index (χ1) is 12.1. The Morgan fingerprint density at radius 1 is 1.24 bits per heavy atom. The van der Waals surface area contributed by atoms with Crippen LogP contribution in [0.25, 0.3) is 11.0 Å². The van der Waals surface area contributed by atoms with Crippen LogP contribution < -0.4 is 15.4 Å². The van der Waals surface area contributed by atoms with Gasteiger partial charge in [-0.2, -0.15) is 0 Å². The molecular weight excluding hydrogens is 323 g/mol. The first-order valence-corrected chi connectivity index (χ1v) is 7.92. The van der Waals surface area contributed by atoms with Crippen LogP contribution in [0.3, 0.4) is 0 Å². The number of ether oxygens (including phenoxy) is 1. The Bertz CT molecular complexity index is 874. The van der Waals surface area contributed by atoms with Gasteiger partial charge in [-0.1, -0.05) is 24.3 Å².